The lowest BCUT2D eigenvalue weighted by Crippen LogP contribution is -2.56. The number of nitrogens with zero attached hydrogens (tertiary/aromatic N) is 2. The second kappa shape index (κ2) is 10.7. The van der Waals surface area contributed by atoms with Gasteiger partial charge in [0.15, 0.2) is 0 Å². The molecule has 1 aliphatic rings. The maximum Gasteiger partial charge on any atom is 0.319 e. The molecule has 10 heteroatoms. The van der Waals surface area contributed by atoms with E-state index in [1.807, 2.05) is 19.2 Å². The van der Waals surface area contributed by atoms with Gasteiger partial charge in [-0.25, -0.2) is 4.79 Å². The van der Waals surface area contributed by atoms with Crippen molar-refractivity contribution in [2.45, 2.75) is 12.1 Å². The van der Waals surface area contributed by atoms with Crippen molar-refractivity contribution in [2.24, 2.45) is 4.99 Å². The molecule has 2 aromatic rings. The van der Waals surface area contributed by atoms with Crippen LogP contribution in [0.5, 0.6) is 0 Å². The zero-order chi connectivity index (χ0) is 23.1. The standard InChI is InChI=1S/C22H25ClN6O3/c1-24-18(13-30)19(28-22(32)27-17-9-5-15(23)6-10-17)21(31)26-16-7-3-14(4-8-16)20-25-11-12-29(20)2/h3-10,13,18-19,24H,11-12H2,1-2H3,(H,26,31)(H2,27,28,32). The summed E-state index contributed by atoms with van der Waals surface area (Å²) in [6.45, 7) is 1.63. The smallest absolute Gasteiger partial charge is 0.319 e. The van der Waals surface area contributed by atoms with Crippen LogP contribution in [0, 0.1) is 0 Å². The minimum atomic E-state index is -1.14. The van der Waals surface area contributed by atoms with E-state index in [2.05, 4.69) is 31.2 Å². The van der Waals surface area contributed by atoms with E-state index in [0.29, 0.717) is 22.7 Å². The fourth-order valence-electron chi connectivity index (χ4n) is 3.24. The molecular weight excluding hydrogens is 432 g/mol. The highest BCUT2D eigenvalue weighted by Crippen LogP contribution is 2.15. The molecule has 3 amide bonds. The van der Waals surface area contributed by atoms with Crippen LogP contribution in [0.1, 0.15) is 5.56 Å². The minimum absolute atomic E-state index is 0.494. The van der Waals surface area contributed by atoms with Crippen LogP contribution in [0.2, 0.25) is 5.02 Å². The van der Waals surface area contributed by atoms with E-state index in [-0.39, 0.29) is 0 Å². The fraction of sp³-hybridized carbons (Fsp3) is 0.273. The van der Waals surface area contributed by atoms with Gasteiger partial charge in [0.2, 0.25) is 5.91 Å². The molecule has 0 aliphatic carbocycles. The number of carbonyl (C=O) groups is 3. The van der Waals surface area contributed by atoms with E-state index in [9.17, 15) is 14.4 Å². The number of aliphatic imine (C=N–C) groups is 1. The molecule has 0 saturated heterocycles. The van der Waals surface area contributed by atoms with Crippen LogP contribution in [0.25, 0.3) is 0 Å². The summed E-state index contributed by atoms with van der Waals surface area (Å²) in [5, 5.41) is 11.2. The lowest BCUT2D eigenvalue weighted by atomic mass is 10.1. The number of likely N-dealkylation sites (N-methyl/N-ethyl adjacent to an activating group) is 2. The SMILES string of the molecule is CNC(C=O)C(NC(=O)Nc1ccc(Cl)cc1)C(=O)Nc1ccc(C2=NCCN2C)cc1. The van der Waals surface area contributed by atoms with Gasteiger partial charge in [-0.1, -0.05) is 11.6 Å². The molecule has 2 unspecified atom stereocenters. The van der Waals surface area contributed by atoms with Gasteiger partial charge in [-0.3, -0.25) is 9.79 Å². The summed E-state index contributed by atoms with van der Waals surface area (Å²) in [5.41, 5.74) is 1.97. The number of amidine groups is 1. The predicted octanol–water partition coefficient (Wildman–Crippen LogP) is 1.95. The van der Waals surface area contributed by atoms with Crippen LogP contribution in [0.4, 0.5) is 16.2 Å². The van der Waals surface area contributed by atoms with Crippen molar-refractivity contribution < 1.29 is 14.4 Å². The Kier molecular flexibility index (Phi) is 7.80. The molecule has 2 aromatic carbocycles. The van der Waals surface area contributed by atoms with Gasteiger partial charge >= 0.3 is 6.03 Å². The van der Waals surface area contributed by atoms with Crippen molar-refractivity contribution >= 4 is 47.0 Å². The zero-order valence-corrected chi connectivity index (χ0v) is 18.5. The number of rotatable bonds is 8. The average molecular weight is 457 g/mol. The number of halogens is 1. The number of benzene rings is 2. The first-order chi connectivity index (χ1) is 15.4. The summed E-state index contributed by atoms with van der Waals surface area (Å²) < 4.78 is 0. The molecule has 1 heterocycles. The lowest BCUT2D eigenvalue weighted by Gasteiger charge is -2.23. The van der Waals surface area contributed by atoms with Gasteiger partial charge < -0.3 is 31.0 Å². The second-order valence-electron chi connectivity index (χ2n) is 7.23. The maximum absolute atomic E-state index is 12.9. The Morgan fingerprint density at radius 3 is 2.25 bits per heavy atom. The van der Waals surface area contributed by atoms with Crippen LogP contribution in [-0.4, -0.2) is 68.2 Å². The monoisotopic (exact) mass is 456 g/mol. The van der Waals surface area contributed by atoms with Gasteiger partial charge in [0.1, 0.15) is 18.2 Å². The van der Waals surface area contributed by atoms with Crippen molar-refractivity contribution in [1.29, 1.82) is 0 Å². The van der Waals surface area contributed by atoms with Crippen molar-refractivity contribution in [2.75, 3.05) is 37.8 Å². The van der Waals surface area contributed by atoms with E-state index < -0.39 is 24.0 Å². The summed E-state index contributed by atoms with van der Waals surface area (Å²) in [7, 11) is 3.51. The fourth-order valence-corrected chi connectivity index (χ4v) is 3.37. The van der Waals surface area contributed by atoms with E-state index in [1.54, 1.807) is 36.4 Å². The van der Waals surface area contributed by atoms with Crippen molar-refractivity contribution in [3.63, 3.8) is 0 Å². The quantitative estimate of drug-likeness (QED) is 0.453. The first-order valence-electron chi connectivity index (χ1n) is 10.0. The van der Waals surface area contributed by atoms with Gasteiger partial charge in [0.25, 0.3) is 0 Å². The molecule has 9 nitrogen and oxygen atoms in total. The van der Waals surface area contributed by atoms with Crippen LogP contribution >= 0.6 is 11.6 Å². The molecule has 0 fully saturated rings. The minimum Gasteiger partial charge on any atom is -0.358 e. The largest absolute Gasteiger partial charge is 0.358 e. The van der Waals surface area contributed by atoms with Gasteiger partial charge in [0, 0.05) is 35.6 Å². The Morgan fingerprint density at radius 1 is 1.06 bits per heavy atom. The summed E-state index contributed by atoms with van der Waals surface area (Å²) in [6, 6.07) is 11.0. The first kappa shape index (κ1) is 23.2. The third kappa shape index (κ3) is 5.83. The Bertz CT molecular complexity index is 994. The highest BCUT2D eigenvalue weighted by Gasteiger charge is 2.29. The number of carbonyl (C=O) groups excluding carboxylic acids is 3. The summed E-state index contributed by atoms with van der Waals surface area (Å²) in [6.07, 6.45) is 0.573. The lowest BCUT2D eigenvalue weighted by molar-refractivity contribution is -0.121. The number of hydrogen-bond acceptors (Lipinski definition) is 6. The van der Waals surface area contributed by atoms with Crippen molar-refractivity contribution in [3.05, 3.63) is 59.1 Å². The van der Waals surface area contributed by atoms with Crippen LogP contribution in [0.15, 0.2) is 53.5 Å². The third-order valence-electron chi connectivity index (χ3n) is 4.98. The first-order valence-corrected chi connectivity index (χ1v) is 10.4. The molecule has 2 atom stereocenters. The molecule has 32 heavy (non-hydrogen) atoms. The van der Waals surface area contributed by atoms with Gasteiger partial charge in [-0.15, -0.1) is 0 Å². The molecule has 0 saturated carbocycles. The molecule has 0 bridgehead atoms. The number of nitrogens with one attached hydrogen (secondary N) is 4. The Labute approximate surface area is 191 Å². The zero-order valence-electron chi connectivity index (χ0n) is 17.8. The highest BCUT2D eigenvalue weighted by atomic mass is 35.5. The molecule has 0 aromatic heterocycles. The number of urea groups is 1. The molecule has 0 radical (unpaired) electrons. The van der Waals surface area contributed by atoms with E-state index in [0.717, 1.165) is 24.5 Å². The second-order valence-corrected chi connectivity index (χ2v) is 7.66. The molecule has 0 spiro atoms. The van der Waals surface area contributed by atoms with Gasteiger partial charge in [-0.05, 0) is 55.6 Å². The normalized spacial score (nSPS) is 14.8. The average Bonchev–Trinajstić information content (AvgIpc) is 3.22. The number of anilines is 2. The maximum atomic E-state index is 12.9. The van der Waals surface area contributed by atoms with Gasteiger partial charge in [-0.2, -0.15) is 0 Å². The highest BCUT2D eigenvalue weighted by molar-refractivity contribution is 6.30. The topological polar surface area (TPSA) is 115 Å². The molecular formula is C22H25ClN6O3. The molecule has 4 N–H and O–H groups in total. The summed E-state index contributed by atoms with van der Waals surface area (Å²) >= 11 is 5.85. The van der Waals surface area contributed by atoms with Gasteiger partial charge in [0.05, 0.1) is 12.6 Å². The third-order valence-corrected chi connectivity index (χ3v) is 5.23. The predicted molar refractivity (Wildman–Crippen MR) is 125 cm³/mol. The Morgan fingerprint density at radius 2 is 1.69 bits per heavy atom. The van der Waals surface area contributed by atoms with Crippen molar-refractivity contribution in [3.8, 4) is 0 Å². The van der Waals surface area contributed by atoms with Crippen LogP contribution in [-0.2, 0) is 9.59 Å². The number of amides is 3. The molecule has 168 valence electrons. The number of aldehydes is 1. The Hall–Kier alpha value is -3.43. The van der Waals surface area contributed by atoms with Crippen LogP contribution < -0.4 is 21.3 Å². The number of hydrogen-bond donors (Lipinski definition) is 4. The molecule has 1 aliphatic heterocycles. The van der Waals surface area contributed by atoms with E-state index in [4.69, 9.17) is 11.6 Å². The Balaban J connectivity index is 1.68. The molecule has 3 rings (SSSR count). The van der Waals surface area contributed by atoms with Crippen LogP contribution in [0.3, 0.4) is 0 Å². The van der Waals surface area contributed by atoms with E-state index >= 15 is 0 Å². The van der Waals surface area contributed by atoms with E-state index in [1.165, 1.54) is 7.05 Å². The summed E-state index contributed by atoms with van der Waals surface area (Å²) in [5.74, 6) is 0.364. The summed E-state index contributed by atoms with van der Waals surface area (Å²) in [4.78, 5) is 43.3. The van der Waals surface area contributed by atoms with Crippen molar-refractivity contribution in [1.82, 2.24) is 15.5 Å².